The number of furan rings is 1. The summed E-state index contributed by atoms with van der Waals surface area (Å²) in [7, 11) is 0. The maximum absolute atomic E-state index is 13.0. The van der Waals surface area contributed by atoms with E-state index in [1.807, 2.05) is 6.07 Å². The van der Waals surface area contributed by atoms with Crippen LogP contribution in [0.4, 0.5) is 0 Å². The molecule has 0 saturated carbocycles. The highest BCUT2D eigenvalue weighted by molar-refractivity contribution is 6.07. The maximum Gasteiger partial charge on any atom is 0.259 e. The Kier molecular flexibility index (Phi) is 6.13. The van der Waals surface area contributed by atoms with Gasteiger partial charge < -0.3 is 19.6 Å². The molecule has 4 rings (SSSR count). The zero-order valence-corrected chi connectivity index (χ0v) is 16.0. The normalized spacial score (nSPS) is 16.9. The number of hydrogen-bond acceptors (Lipinski definition) is 6. The molecule has 0 bridgehead atoms. The molecule has 4 heterocycles. The molecule has 1 fully saturated rings. The van der Waals surface area contributed by atoms with E-state index in [0.717, 1.165) is 44.5 Å². The lowest BCUT2D eigenvalue weighted by atomic mass is 10.0. The molecule has 1 atom stereocenters. The van der Waals surface area contributed by atoms with Crippen LogP contribution in [-0.2, 0) is 6.42 Å². The summed E-state index contributed by atoms with van der Waals surface area (Å²) in [5.74, 6) is 0.466. The number of halogens is 1. The Morgan fingerprint density at radius 2 is 2.33 bits per heavy atom. The fourth-order valence-corrected chi connectivity index (χ4v) is 3.39. The molecule has 3 aromatic rings. The van der Waals surface area contributed by atoms with Crippen molar-refractivity contribution in [3.8, 4) is 11.5 Å². The Labute approximate surface area is 163 Å². The number of nitrogens with one attached hydrogen (secondary N) is 2. The van der Waals surface area contributed by atoms with Crippen LogP contribution >= 0.6 is 12.4 Å². The summed E-state index contributed by atoms with van der Waals surface area (Å²) in [6.07, 6.45) is 5.26. The van der Waals surface area contributed by atoms with Gasteiger partial charge in [0.1, 0.15) is 5.69 Å². The number of carbonyl (C=O) groups is 1. The molecule has 3 aromatic heterocycles. The van der Waals surface area contributed by atoms with Gasteiger partial charge in [-0.25, -0.2) is 4.98 Å². The summed E-state index contributed by atoms with van der Waals surface area (Å²) < 4.78 is 10.9. The van der Waals surface area contributed by atoms with Gasteiger partial charge in [0.2, 0.25) is 0 Å². The van der Waals surface area contributed by atoms with Crippen LogP contribution in [0.5, 0.6) is 0 Å². The molecule has 1 aliphatic rings. The third kappa shape index (κ3) is 3.99. The summed E-state index contributed by atoms with van der Waals surface area (Å²) in [6.45, 7) is 3.86. The van der Waals surface area contributed by atoms with Crippen molar-refractivity contribution in [2.75, 3.05) is 13.1 Å². The van der Waals surface area contributed by atoms with Gasteiger partial charge in [0.25, 0.3) is 11.6 Å². The summed E-state index contributed by atoms with van der Waals surface area (Å²) in [5, 5.41) is 11.3. The highest BCUT2D eigenvalue weighted by Crippen LogP contribution is 2.28. The number of rotatable bonds is 5. The molecule has 1 aliphatic heterocycles. The lowest BCUT2D eigenvalue weighted by molar-refractivity contribution is 0.0932. The Bertz CT molecular complexity index is 901. The Morgan fingerprint density at radius 1 is 1.44 bits per heavy atom. The first-order chi connectivity index (χ1) is 12.8. The number of piperidine rings is 1. The molecule has 0 aromatic carbocycles. The van der Waals surface area contributed by atoms with Crippen molar-refractivity contribution in [3.05, 3.63) is 35.7 Å². The lowest BCUT2D eigenvalue weighted by Gasteiger charge is -2.24. The van der Waals surface area contributed by atoms with Crippen molar-refractivity contribution in [1.29, 1.82) is 0 Å². The molecule has 1 saturated heterocycles. The molecular weight excluding hydrogens is 368 g/mol. The highest BCUT2D eigenvalue weighted by Gasteiger charge is 2.23. The van der Waals surface area contributed by atoms with E-state index in [4.69, 9.17) is 8.94 Å². The molecule has 0 aliphatic carbocycles. The number of fused-ring (bicyclic) bond motifs is 1. The second-order valence-electron chi connectivity index (χ2n) is 6.61. The van der Waals surface area contributed by atoms with Gasteiger partial charge >= 0.3 is 0 Å². The Hall–Kier alpha value is -2.38. The second kappa shape index (κ2) is 8.54. The van der Waals surface area contributed by atoms with Crippen LogP contribution in [0, 0.1) is 0 Å². The number of aryl methyl sites for hydroxylation is 1. The van der Waals surface area contributed by atoms with Gasteiger partial charge in [-0.3, -0.25) is 4.79 Å². The number of hydrogen-bond donors (Lipinski definition) is 2. The summed E-state index contributed by atoms with van der Waals surface area (Å²) in [6, 6.07) is 5.49. The highest BCUT2D eigenvalue weighted by atomic mass is 35.5. The van der Waals surface area contributed by atoms with E-state index in [0.29, 0.717) is 28.1 Å². The molecule has 7 nitrogen and oxygen atoms in total. The van der Waals surface area contributed by atoms with Crippen LogP contribution in [0.25, 0.3) is 22.6 Å². The minimum Gasteiger partial charge on any atom is -0.463 e. The maximum atomic E-state index is 13.0. The van der Waals surface area contributed by atoms with Gasteiger partial charge in [-0.05, 0) is 44.0 Å². The van der Waals surface area contributed by atoms with E-state index in [2.05, 4.69) is 27.7 Å². The lowest BCUT2D eigenvalue weighted by Crippen LogP contribution is -2.45. The number of aromatic nitrogens is 2. The van der Waals surface area contributed by atoms with Crippen molar-refractivity contribution in [1.82, 2.24) is 20.8 Å². The Balaban J connectivity index is 0.00000210. The van der Waals surface area contributed by atoms with Crippen molar-refractivity contribution in [2.24, 2.45) is 0 Å². The third-order valence-corrected chi connectivity index (χ3v) is 4.65. The van der Waals surface area contributed by atoms with E-state index in [1.54, 1.807) is 18.4 Å². The van der Waals surface area contributed by atoms with Crippen molar-refractivity contribution in [3.63, 3.8) is 0 Å². The minimum absolute atomic E-state index is 0. The first-order valence-electron chi connectivity index (χ1n) is 9.11. The van der Waals surface area contributed by atoms with Crippen LogP contribution in [-0.4, -0.2) is 35.2 Å². The van der Waals surface area contributed by atoms with Crippen LogP contribution in [0.15, 0.2) is 33.4 Å². The number of carbonyl (C=O) groups excluding carboxylic acids is 1. The molecule has 144 valence electrons. The fourth-order valence-electron chi connectivity index (χ4n) is 3.39. The average molecular weight is 391 g/mol. The molecule has 8 heteroatoms. The molecule has 0 radical (unpaired) electrons. The van der Waals surface area contributed by atoms with Crippen LogP contribution in [0.3, 0.4) is 0 Å². The van der Waals surface area contributed by atoms with Gasteiger partial charge in [0.05, 0.1) is 22.9 Å². The summed E-state index contributed by atoms with van der Waals surface area (Å²) >= 11 is 0. The van der Waals surface area contributed by atoms with E-state index in [-0.39, 0.29) is 24.4 Å². The molecule has 0 unspecified atom stereocenters. The van der Waals surface area contributed by atoms with Crippen LogP contribution in [0.2, 0.25) is 0 Å². The van der Waals surface area contributed by atoms with E-state index >= 15 is 0 Å². The van der Waals surface area contributed by atoms with Crippen LogP contribution < -0.4 is 10.6 Å². The van der Waals surface area contributed by atoms with Gasteiger partial charge in [-0.1, -0.05) is 18.5 Å². The minimum atomic E-state index is -0.126. The quantitative estimate of drug-likeness (QED) is 0.694. The molecule has 2 N–H and O–H groups in total. The van der Waals surface area contributed by atoms with Gasteiger partial charge in [0.15, 0.2) is 5.76 Å². The zero-order chi connectivity index (χ0) is 17.9. The van der Waals surface area contributed by atoms with Crippen molar-refractivity contribution < 1.29 is 13.7 Å². The van der Waals surface area contributed by atoms with Crippen LogP contribution in [0.1, 0.15) is 42.2 Å². The van der Waals surface area contributed by atoms with E-state index in [1.165, 1.54) is 0 Å². The van der Waals surface area contributed by atoms with Crippen molar-refractivity contribution in [2.45, 2.75) is 38.6 Å². The smallest absolute Gasteiger partial charge is 0.259 e. The average Bonchev–Trinajstić information content (AvgIpc) is 3.32. The van der Waals surface area contributed by atoms with Gasteiger partial charge in [-0.15, -0.1) is 12.4 Å². The SMILES string of the molecule is CCCc1noc2nc(-c3ccco3)cc(C(=O)N[C@H]3CCCNC3)c12.Cl. The van der Waals surface area contributed by atoms with E-state index in [9.17, 15) is 4.79 Å². The first kappa shape index (κ1) is 19.4. The predicted molar refractivity (Wildman–Crippen MR) is 104 cm³/mol. The topological polar surface area (TPSA) is 93.2 Å². The Morgan fingerprint density at radius 3 is 3.04 bits per heavy atom. The number of amides is 1. The monoisotopic (exact) mass is 390 g/mol. The zero-order valence-electron chi connectivity index (χ0n) is 15.2. The fraction of sp³-hybridized carbons (Fsp3) is 0.421. The molecular formula is C19H23ClN4O3. The van der Waals surface area contributed by atoms with Gasteiger partial charge in [0, 0.05) is 12.6 Å². The third-order valence-electron chi connectivity index (χ3n) is 4.65. The molecule has 1 amide bonds. The largest absolute Gasteiger partial charge is 0.463 e. The molecule has 27 heavy (non-hydrogen) atoms. The second-order valence-corrected chi connectivity index (χ2v) is 6.61. The standard InChI is InChI=1S/C19H22N4O3.ClH/c1-2-5-14-17-13(18(24)21-12-6-3-8-20-11-12)10-15(16-7-4-9-25-16)22-19(17)26-23-14;/h4,7,9-10,12,20H,2-3,5-6,8,11H2,1H3,(H,21,24);1H/t12-;/m0./s1. The van der Waals surface area contributed by atoms with Crippen molar-refractivity contribution >= 4 is 29.4 Å². The predicted octanol–water partition coefficient (Wildman–Crippen LogP) is 3.34. The first-order valence-corrected chi connectivity index (χ1v) is 9.11. The van der Waals surface area contributed by atoms with Gasteiger partial charge in [-0.2, -0.15) is 0 Å². The van der Waals surface area contributed by atoms with E-state index < -0.39 is 0 Å². The molecule has 0 spiro atoms. The summed E-state index contributed by atoms with van der Waals surface area (Å²) in [4.78, 5) is 17.5. The summed E-state index contributed by atoms with van der Waals surface area (Å²) in [5.41, 5.74) is 2.24. The number of pyridine rings is 1. The number of nitrogens with zero attached hydrogens (tertiary/aromatic N) is 2.